The maximum atomic E-state index is 11.4. The van der Waals surface area contributed by atoms with Crippen LogP contribution >= 0.6 is 0 Å². The number of rotatable bonds is 2. The first kappa shape index (κ1) is 10.5. The number of hydrogen-bond acceptors (Lipinski definition) is 4. The molecule has 0 unspecified atom stereocenters. The third kappa shape index (κ3) is 1.84. The van der Waals surface area contributed by atoms with Gasteiger partial charge in [-0.1, -0.05) is 0 Å². The van der Waals surface area contributed by atoms with E-state index in [1.807, 2.05) is 0 Å². The SMILES string of the molecule is CNS(=O)(=O)c1ccc(N)cc1C#N. The lowest BCUT2D eigenvalue weighted by Gasteiger charge is -2.04. The summed E-state index contributed by atoms with van der Waals surface area (Å²) in [5.41, 5.74) is 5.82. The maximum Gasteiger partial charge on any atom is 0.241 e. The van der Waals surface area contributed by atoms with Crippen LogP contribution in [0.15, 0.2) is 23.1 Å². The Kier molecular flexibility index (Phi) is 2.74. The first-order valence-electron chi connectivity index (χ1n) is 3.74. The molecular formula is C8H9N3O2S. The normalized spacial score (nSPS) is 10.9. The molecule has 74 valence electrons. The number of sulfonamides is 1. The van der Waals surface area contributed by atoms with Gasteiger partial charge in [0.25, 0.3) is 0 Å². The van der Waals surface area contributed by atoms with Gasteiger partial charge in [0.2, 0.25) is 10.0 Å². The van der Waals surface area contributed by atoms with Gasteiger partial charge >= 0.3 is 0 Å². The molecule has 0 spiro atoms. The van der Waals surface area contributed by atoms with Crippen molar-refractivity contribution in [3.8, 4) is 6.07 Å². The average Bonchev–Trinajstić information content (AvgIpc) is 2.17. The van der Waals surface area contributed by atoms with E-state index in [-0.39, 0.29) is 10.5 Å². The molecular weight excluding hydrogens is 202 g/mol. The maximum absolute atomic E-state index is 11.4. The first-order valence-corrected chi connectivity index (χ1v) is 5.23. The zero-order valence-electron chi connectivity index (χ0n) is 7.48. The second-order valence-electron chi connectivity index (χ2n) is 2.57. The number of nitrogens with one attached hydrogen (secondary N) is 1. The van der Waals surface area contributed by atoms with E-state index >= 15 is 0 Å². The number of benzene rings is 1. The molecule has 1 aromatic rings. The Hall–Kier alpha value is -1.58. The minimum atomic E-state index is -3.59. The van der Waals surface area contributed by atoms with E-state index in [9.17, 15) is 8.42 Å². The monoisotopic (exact) mass is 211 g/mol. The highest BCUT2D eigenvalue weighted by atomic mass is 32.2. The van der Waals surface area contributed by atoms with E-state index in [1.54, 1.807) is 6.07 Å². The van der Waals surface area contributed by atoms with Crippen LogP contribution < -0.4 is 10.5 Å². The molecule has 1 aromatic carbocycles. The molecule has 0 aliphatic rings. The Labute approximate surface area is 82.2 Å². The summed E-state index contributed by atoms with van der Waals surface area (Å²) < 4.78 is 24.9. The number of hydrogen-bond donors (Lipinski definition) is 2. The number of anilines is 1. The summed E-state index contributed by atoms with van der Waals surface area (Å²) in [6.45, 7) is 0. The minimum Gasteiger partial charge on any atom is -0.399 e. The van der Waals surface area contributed by atoms with E-state index in [0.29, 0.717) is 5.69 Å². The summed E-state index contributed by atoms with van der Waals surface area (Å²) in [4.78, 5) is -0.0586. The van der Waals surface area contributed by atoms with Gasteiger partial charge in [-0.2, -0.15) is 5.26 Å². The Balaban J connectivity index is 3.45. The van der Waals surface area contributed by atoms with Gasteiger partial charge in [0.15, 0.2) is 0 Å². The Morgan fingerprint density at radius 1 is 1.50 bits per heavy atom. The molecule has 0 aliphatic carbocycles. The summed E-state index contributed by atoms with van der Waals surface area (Å²) in [5.74, 6) is 0. The standard InChI is InChI=1S/C8H9N3O2S/c1-11-14(12,13)8-3-2-7(10)4-6(8)5-9/h2-4,11H,10H2,1H3. The summed E-state index contributed by atoms with van der Waals surface area (Å²) >= 11 is 0. The summed E-state index contributed by atoms with van der Waals surface area (Å²) in [5, 5.41) is 8.70. The van der Waals surface area contributed by atoms with Gasteiger partial charge in [0.05, 0.1) is 10.5 Å². The van der Waals surface area contributed by atoms with Gasteiger partial charge in [0, 0.05) is 5.69 Å². The molecule has 0 atom stereocenters. The topological polar surface area (TPSA) is 96.0 Å². The molecule has 14 heavy (non-hydrogen) atoms. The smallest absolute Gasteiger partial charge is 0.241 e. The lowest BCUT2D eigenvalue weighted by Crippen LogP contribution is -2.19. The predicted molar refractivity (Wildman–Crippen MR) is 51.8 cm³/mol. The van der Waals surface area contributed by atoms with Crippen LogP contribution in [0.3, 0.4) is 0 Å². The van der Waals surface area contributed by atoms with Crippen LogP contribution in [0.5, 0.6) is 0 Å². The molecule has 5 nitrogen and oxygen atoms in total. The number of nitrogens with zero attached hydrogens (tertiary/aromatic N) is 1. The van der Waals surface area contributed by atoms with Crippen molar-refractivity contribution >= 4 is 15.7 Å². The molecule has 0 saturated carbocycles. The van der Waals surface area contributed by atoms with E-state index in [2.05, 4.69) is 4.72 Å². The van der Waals surface area contributed by atoms with E-state index < -0.39 is 10.0 Å². The molecule has 1 rings (SSSR count). The molecule has 0 heterocycles. The van der Waals surface area contributed by atoms with Crippen molar-refractivity contribution < 1.29 is 8.42 Å². The molecule has 3 N–H and O–H groups in total. The van der Waals surface area contributed by atoms with Crippen LogP contribution in [-0.2, 0) is 10.0 Å². The van der Waals surface area contributed by atoms with Gasteiger partial charge in [-0.15, -0.1) is 0 Å². The molecule has 0 aliphatic heterocycles. The molecule has 0 fully saturated rings. The lowest BCUT2D eigenvalue weighted by molar-refractivity contribution is 0.588. The number of nitriles is 1. The van der Waals surface area contributed by atoms with Crippen molar-refractivity contribution in [2.45, 2.75) is 4.90 Å². The third-order valence-corrected chi connectivity index (χ3v) is 3.15. The van der Waals surface area contributed by atoms with Crippen molar-refractivity contribution in [2.75, 3.05) is 12.8 Å². The van der Waals surface area contributed by atoms with Gasteiger partial charge in [-0.05, 0) is 25.2 Å². The van der Waals surface area contributed by atoms with Crippen molar-refractivity contribution in [2.24, 2.45) is 0 Å². The van der Waals surface area contributed by atoms with Crippen LogP contribution in [0, 0.1) is 11.3 Å². The Bertz CT molecular complexity index is 488. The van der Waals surface area contributed by atoms with E-state index in [1.165, 1.54) is 25.2 Å². The minimum absolute atomic E-state index is 0.0411. The molecule has 0 radical (unpaired) electrons. The fourth-order valence-corrected chi connectivity index (χ4v) is 1.84. The third-order valence-electron chi connectivity index (χ3n) is 1.68. The molecule has 0 aromatic heterocycles. The van der Waals surface area contributed by atoms with Crippen LogP contribution in [0.4, 0.5) is 5.69 Å². The van der Waals surface area contributed by atoms with Crippen LogP contribution in [0.25, 0.3) is 0 Å². The molecule has 0 bridgehead atoms. The highest BCUT2D eigenvalue weighted by Gasteiger charge is 2.16. The quantitative estimate of drug-likeness (QED) is 0.675. The second-order valence-corrected chi connectivity index (χ2v) is 4.43. The molecule has 0 amide bonds. The van der Waals surface area contributed by atoms with Crippen LogP contribution in [0.2, 0.25) is 0 Å². The Morgan fingerprint density at radius 2 is 2.14 bits per heavy atom. The zero-order valence-corrected chi connectivity index (χ0v) is 8.30. The van der Waals surface area contributed by atoms with Gasteiger partial charge in [-0.25, -0.2) is 13.1 Å². The van der Waals surface area contributed by atoms with Gasteiger partial charge < -0.3 is 5.73 Å². The van der Waals surface area contributed by atoms with Gasteiger partial charge in [0.1, 0.15) is 6.07 Å². The first-order chi connectivity index (χ1) is 6.51. The Morgan fingerprint density at radius 3 is 2.64 bits per heavy atom. The number of nitrogens with two attached hydrogens (primary N) is 1. The largest absolute Gasteiger partial charge is 0.399 e. The molecule has 6 heteroatoms. The fraction of sp³-hybridized carbons (Fsp3) is 0.125. The fourth-order valence-electron chi connectivity index (χ4n) is 0.979. The average molecular weight is 211 g/mol. The highest BCUT2D eigenvalue weighted by Crippen LogP contribution is 2.17. The van der Waals surface area contributed by atoms with Crippen molar-refractivity contribution in [1.82, 2.24) is 4.72 Å². The number of nitrogen functional groups attached to an aromatic ring is 1. The van der Waals surface area contributed by atoms with Crippen molar-refractivity contribution in [3.63, 3.8) is 0 Å². The van der Waals surface area contributed by atoms with Crippen molar-refractivity contribution in [1.29, 1.82) is 5.26 Å². The van der Waals surface area contributed by atoms with Crippen molar-refractivity contribution in [3.05, 3.63) is 23.8 Å². The summed E-state index contributed by atoms with van der Waals surface area (Å²) in [7, 11) is -2.30. The zero-order chi connectivity index (χ0) is 10.8. The summed E-state index contributed by atoms with van der Waals surface area (Å²) in [6.07, 6.45) is 0. The van der Waals surface area contributed by atoms with Gasteiger partial charge in [-0.3, -0.25) is 0 Å². The molecule has 0 saturated heterocycles. The summed E-state index contributed by atoms with van der Waals surface area (Å²) in [6, 6.07) is 5.84. The van der Waals surface area contributed by atoms with E-state index in [4.69, 9.17) is 11.0 Å². The lowest BCUT2D eigenvalue weighted by atomic mass is 10.2. The van der Waals surface area contributed by atoms with Crippen LogP contribution in [-0.4, -0.2) is 15.5 Å². The second kappa shape index (κ2) is 3.65. The predicted octanol–water partition coefficient (Wildman–Crippen LogP) is 0.0486. The van der Waals surface area contributed by atoms with E-state index in [0.717, 1.165) is 0 Å². The van der Waals surface area contributed by atoms with Crippen LogP contribution in [0.1, 0.15) is 5.56 Å². The highest BCUT2D eigenvalue weighted by molar-refractivity contribution is 7.89.